The number of ether oxygens (including phenoxy) is 1. The summed E-state index contributed by atoms with van der Waals surface area (Å²) >= 11 is 12.3. The SMILES string of the molecule is COC(=O)[C@H]1C[C@@H](NC(=O)c2cc(-c3cnn(C)c3)cnc2N)CN1C(=O)c1ccc(-c2ccc(F)cc2Cl)cc1.Cn1cc(-c2cnc(N)c(C(=O)N[C@@H]3C[C@H](C(=O)O)N(C(=O)c4ccc(-c5ccc(F)cc5Cl)cc4)C3)c2)cn1. The van der Waals surface area contributed by atoms with Gasteiger partial charge in [0.1, 0.15) is 35.4 Å². The molecule has 0 saturated carbocycles. The number of aryl methyl sites for hydroxylation is 2. The van der Waals surface area contributed by atoms with Gasteiger partial charge in [0.2, 0.25) is 0 Å². The molecule has 20 nitrogen and oxygen atoms in total. The number of nitrogens with one attached hydrogen (secondary N) is 2. The number of pyridine rings is 2. The lowest BCUT2D eigenvalue weighted by Crippen LogP contribution is -2.42. The second-order valence-electron chi connectivity index (χ2n) is 19.1. The Labute approximate surface area is 471 Å². The van der Waals surface area contributed by atoms with Gasteiger partial charge in [0.05, 0.1) is 40.7 Å². The van der Waals surface area contributed by atoms with Crippen molar-refractivity contribution in [3.63, 3.8) is 0 Å². The van der Waals surface area contributed by atoms with E-state index in [4.69, 9.17) is 39.4 Å². The predicted octanol–water partition coefficient (Wildman–Crippen LogP) is 7.33. The number of likely N-dealkylation sites (tertiary alicyclic amines) is 2. The Morgan fingerprint density at radius 2 is 0.988 bits per heavy atom. The lowest BCUT2D eigenvalue weighted by molar-refractivity contribution is -0.145. The number of nitrogens with zero attached hydrogens (tertiary/aromatic N) is 8. The number of carbonyl (C=O) groups excluding carboxylic acids is 5. The Morgan fingerprint density at radius 1 is 0.580 bits per heavy atom. The van der Waals surface area contributed by atoms with Crippen LogP contribution >= 0.6 is 23.2 Å². The first kappa shape index (κ1) is 56.2. The predicted molar refractivity (Wildman–Crippen MR) is 296 cm³/mol. The van der Waals surface area contributed by atoms with Crippen LogP contribution in [-0.4, -0.2) is 124 Å². The number of anilines is 2. The van der Waals surface area contributed by atoms with Gasteiger partial charge in [-0.1, -0.05) is 47.5 Å². The van der Waals surface area contributed by atoms with Crippen LogP contribution in [-0.2, 0) is 28.4 Å². The molecule has 0 radical (unpaired) electrons. The third-order valence-corrected chi connectivity index (χ3v) is 14.3. The lowest BCUT2D eigenvalue weighted by Gasteiger charge is -2.22. The highest BCUT2D eigenvalue weighted by atomic mass is 35.5. The van der Waals surface area contributed by atoms with Gasteiger partial charge in [0.15, 0.2) is 0 Å². The summed E-state index contributed by atoms with van der Waals surface area (Å²) in [7, 11) is 4.79. The van der Waals surface area contributed by atoms with E-state index in [9.17, 15) is 42.7 Å². The zero-order valence-electron chi connectivity index (χ0n) is 43.4. The maximum atomic E-state index is 13.5. The summed E-state index contributed by atoms with van der Waals surface area (Å²) in [5, 5.41) is 24.2. The third kappa shape index (κ3) is 12.5. The van der Waals surface area contributed by atoms with Crippen LogP contribution in [0.1, 0.15) is 54.3 Å². The van der Waals surface area contributed by atoms with Crippen molar-refractivity contribution in [3.05, 3.63) is 178 Å². The number of rotatable bonds is 12. The summed E-state index contributed by atoms with van der Waals surface area (Å²) in [4.78, 5) is 88.6. The molecule has 0 aliphatic carbocycles. The molecule has 4 amide bonds. The van der Waals surface area contributed by atoms with Crippen molar-refractivity contribution < 1.29 is 47.4 Å². The molecule has 6 heterocycles. The summed E-state index contributed by atoms with van der Waals surface area (Å²) in [6.07, 6.45) is 10.1. The van der Waals surface area contributed by atoms with Crippen LogP contribution < -0.4 is 22.1 Å². The number of methoxy groups -OCH3 is 1. The summed E-state index contributed by atoms with van der Waals surface area (Å²) in [5.74, 6) is -4.53. The molecule has 0 unspecified atom stereocenters. The fourth-order valence-corrected chi connectivity index (χ4v) is 10.1. The molecule has 2 aliphatic heterocycles. The van der Waals surface area contributed by atoms with E-state index in [2.05, 4.69) is 30.8 Å². The number of halogens is 4. The van der Waals surface area contributed by atoms with Gasteiger partial charge in [-0.3, -0.25) is 28.5 Å². The first-order chi connectivity index (χ1) is 38.7. The maximum Gasteiger partial charge on any atom is 0.328 e. The summed E-state index contributed by atoms with van der Waals surface area (Å²) in [6, 6.07) is 21.1. The summed E-state index contributed by atoms with van der Waals surface area (Å²) in [5.41, 5.74) is 18.3. The molecule has 414 valence electrons. The van der Waals surface area contributed by atoms with Crippen molar-refractivity contribution in [1.82, 2.24) is 50.0 Å². The Morgan fingerprint density at radius 3 is 1.36 bits per heavy atom. The van der Waals surface area contributed by atoms with Crippen LogP contribution in [0.2, 0.25) is 10.0 Å². The minimum absolute atomic E-state index is 0.0112. The molecule has 2 saturated heterocycles. The highest BCUT2D eigenvalue weighted by Gasteiger charge is 2.42. The van der Waals surface area contributed by atoms with Crippen LogP contribution in [0, 0.1) is 11.6 Å². The van der Waals surface area contributed by atoms with E-state index >= 15 is 0 Å². The molecule has 81 heavy (non-hydrogen) atoms. The molecule has 4 aromatic carbocycles. The molecule has 0 bridgehead atoms. The quantitative estimate of drug-likeness (QED) is 0.0750. The van der Waals surface area contributed by atoms with Crippen LogP contribution in [0.4, 0.5) is 20.4 Å². The molecule has 2 aliphatic rings. The van der Waals surface area contributed by atoms with Crippen molar-refractivity contribution in [2.24, 2.45) is 14.1 Å². The molecular formula is C57H50Cl2F2N12O8. The van der Waals surface area contributed by atoms with Crippen LogP contribution in [0.3, 0.4) is 0 Å². The zero-order valence-corrected chi connectivity index (χ0v) is 44.9. The van der Waals surface area contributed by atoms with Crippen molar-refractivity contribution >= 4 is 70.4 Å². The number of nitrogens with two attached hydrogens (primary N) is 2. The largest absolute Gasteiger partial charge is 0.480 e. The zero-order chi connectivity index (χ0) is 57.8. The number of nitrogen functional groups attached to an aromatic ring is 2. The van der Waals surface area contributed by atoms with E-state index < -0.39 is 71.4 Å². The van der Waals surface area contributed by atoms with Gasteiger partial charge in [0.25, 0.3) is 23.6 Å². The Balaban J connectivity index is 0.000000196. The fraction of sp³-hybridized carbons (Fsp3) is 0.193. The van der Waals surface area contributed by atoms with Crippen LogP contribution in [0.5, 0.6) is 0 Å². The molecule has 7 N–H and O–H groups in total. The minimum atomic E-state index is -1.18. The number of hydrogen-bond donors (Lipinski definition) is 5. The van der Waals surface area contributed by atoms with E-state index in [1.807, 2.05) is 0 Å². The van der Waals surface area contributed by atoms with Crippen LogP contribution in [0.15, 0.2) is 134 Å². The Hall–Kier alpha value is -9.54. The number of carboxylic acid groups (broad SMARTS) is 1. The number of hydrogen-bond acceptors (Lipinski definition) is 13. The average Bonchev–Trinajstić information content (AvgIpc) is 4.36. The van der Waals surface area contributed by atoms with Crippen molar-refractivity contribution in [2.75, 3.05) is 31.7 Å². The number of aromatic nitrogens is 6. The summed E-state index contributed by atoms with van der Waals surface area (Å²) in [6.45, 7) is 0.0637. The number of aliphatic carboxylic acids is 1. The molecule has 4 aromatic heterocycles. The van der Waals surface area contributed by atoms with Gasteiger partial charge in [0, 0.05) is 121 Å². The fourth-order valence-electron chi connectivity index (χ4n) is 9.58. The monoisotopic (exact) mass is 1140 g/mol. The van der Waals surface area contributed by atoms with Gasteiger partial charge in [-0.2, -0.15) is 10.2 Å². The number of esters is 1. The van der Waals surface area contributed by atoms with Gasteiger partial charge in [-0.25, -0.2) is 28.3 Å². The van der Waals surface area contributed by atoms with Crippen molar-refractivity contribution in [1.29, 1.82) is 0 Å². The average molecular weight is 1140 g/mol. The maximum absolute atomic E-state index is 13.5. The topological polar surface area (TPSA) is 276 Å². The lowest BCUT2D eigenvalue weighted by atomic mass is 10.0. The van der Waals surface area contributed by atoms with Crippen molar-refractivity contribution in [3.8, 4) is 44.5 Å². The van der Waals surface area contributed by atoms with E-state index in [-0.39, 0.29) is 64.3 Å². The van der Waals surface area contributed by atoms with E-state index in [1.165, 1.54) is 53.4 Å². The standard InChI is InChI=1S/C29H26ClFN6O4.C28H24ClFN6O4/c1-36-14-19(13-34-36)18-9-23(26(32)33-12-18)27(38)35-21-11-25(29(40)41-2)37(15-21)28(39)17-5-3-16(4-6-17)22-8-7-20(31)10-24(22)30;1-35-13-18(12-33-35)17-8-22(25(31)32-11-17)26(37)34-20-10-24(28(39)40)36(14-20)27(38)16-4-2-15(3-5-16)21-7-6-19(30)9-23(21)29/h3-10,12-14,21,25H,11,15H2,1-2H3,(H2,32,33)(H,35,38);2-9,11-13,20,24H,10,14H2,1H3,(H2,31,32)(H,34,37)(H,39,40)/t21-,25-;20-,24-/m11/s1. The highest BCUT2D eigenvalue weighted by Crippen LogP contribution is 2.32. The number of amides is 4. The van der Waals surface area contributed by atoms with Crippen LogP contribution in [0.25, 0.3) is 44.5 Å². The second kappa shape index (κ2) is 23.8. The van der Waals surface area contributed by atoms with Crippen molar-refractivity contribution in [2.45, 2.75) is 37.0 Å². The second-order valence-corrected chi connectivity index (χ2v) is 20.0. The van der Waals surface area contributed by atoms with Gasteiger partial charge >= 0.3 is 11.9 Å². The number of carboxylic acids is 1. The first-order valence-electron chi connectivity index (χ1n) is 24.9. The van der Waals surface area contributed by atoms with Gasteiger partial charge in [-0.05, 0) is 83.9 Å². The summed E-state index contributed by atoms with van der Waals surface area (Å²) < 4.78 is 35.0. The minimum Gasteiger partial charge on any atom is -0.480 e. The number of benzene rings is 4. The molecule has 24 heteroatoms. The van der Waals surface area contributed by atoms with Gasteiger partial charge < -0.3 is 41.7 Å². The molecule has 0 spiro atoms. The number of carbonyl (C=O) groups is 6. The van der Waals surface area contributed by atoms with E-state index in [1.54, 1.807) is 121 Å². The van der Waals surface area contributed by atoms with Gasteiger partial charge in [-0.15, -0.1) is 0 Å². The van der Waals surface area contributed by atoms with E-state index in [0.29, 0.717) is 38.9 Å². The molecular weight excluding hydrogens is 1090 g/mol. The third-order valence-electron chi connectivity index (χ3n) is 13.7. The molecule has 4 atom stereocenters. The Kier molecular flexibility index (Phi) is 16.5. The smallest absolute Gasteiger partial charge is 0.328 e. The Bertz CT molecular complexity index is 3750. The first-order valence-corrected chi connectivity index (χ1v) is 25.6. The molecule has 2 fully saturated rings. The highest BCUT2D eigenvalue weighted by molar-refractivity contribution is 6.33. The molecule has 8 aromatic rings. The normalized spacial score (nSPS) is 16.5. The van der Waals surface area contributed by atoms with E-state index in [0.717, 1.165) is 11.1 Å². The molecule has 10 rings (SSSR count).